The smallest absolute Gasteiger partial charge is 0.407 e. The Morgan fingerprint density at radius 3 is 1.25 bits per heavy atom. The van der Waals surface area contributed by atoms with Gasteiger partial charge in [-0.1, -0.05) is 229 Å². The summed E-state index contributed by atoms with van der Waals surface area (Å²) in [4.78, 5) is 78.0. The van der Waals surface area contributed by atoms with Crippen molar-refractivity contribution in [2.75, 3.05) is 13.1 Å². The SMILES string of the molecule is CCCCCCCCCCCCCCCC(=O)OC(CCCCCCCCCCCCCCC)CC(=O)N[C@@H](CCCCNC(=O)OCc1ccccc1)C(=O)N[C@@H](CCCCNC(=O)OCc1ccccc1)C(=O)O. The first-order chi connectivity index (χ1) is 37.1. The van der Waals surface area contributed by atoms with Crippen molar-refractivity contribution >= 4 is 35.9 Å². The molecule has 0 heterocycles. The molecule has 0 radical (unpaired) electrons. The number of benzene rings is 2. The molecule has 0 saturated heterocycles. The first kappa shape index (κ1) is 67.0. The zero-order valence-corrected chi connectivity index (χ0v) is 47.2. The van der Waals surface area contributed by atoms with Crippen molar-refractivity contribution in [1.82, 2.24) is 21.3 Å². The maximum absolute atomic E-state index is 13.9. The number of ether oxygens (including phenoxy) is 3. The van der Waals surface area contributed by atoms with Crippen LogP contribution in [-0.2, 0) is 46.6 Å². The van der Waals surface area contributed by atoms with Crippen LogP contribution in [0.3, 0.4) is 0 Å². The highest BCUT2D eigenvalue weighted by Crippen LogP contribution is 2.18. The van der Waals surface area contributed by atoms with Gasteiger partial charge in [0, 0.05) is 19.5 Å². The maximum atomic E-state index is 13.9. The fourth-order valence-corrected chi connectivity index (χ4v) is 9.26. The highest BCUT2D eigenvalue weighted by Gasteiger charge is 2.28. The molecule has 3 atom stereocenters. The number of unbranched alkanes of at least 4 members (excludes halogenated alkanes) is 26. The lowest BCUT2D eigenvalue weighted by molar-refractivity contribution is -0.151. The number of carbonyl (C=O) groups is 6. The van der Waals surface area contributed by atoms with Gasteiger partial charge in [-0.2, -0.15) is 0 Å². The van der Waals surface area contributed by atoms with Crippen molar-refractivity contribution < 1.29 is 48.1 Å². The van der Waals surface area contributed by atoms with Gasteiger partial charge in [-0.05, 0) is 68.9 Å². The zero-order valence-electron chi connectivity index (χ0n) is 47.2. The number of aliphatic carboxylic acids is 1. The average Bonchev–Trinajstić information content (AvgIpc) is 3.41. The van der Waals surface area contributed by atoms with Crippen LogP contribution in [0.25, 0.3) is 0 Å². The van der Waals surface area contributed by atoms with Gasteiger partial charge in [0.1, 0.15) is 31.4 Å². The van der Waals surface area contributed by atoms with Gasteiger partial charge in [0.15, 0.2) is 0 Å². The van der Waals surface area contributed by atoms with Crippen molar-refractivity contribution in [2.24, 2.45) is 0 Å². The summed E-state index contributed by atoms with van der Waals surface area (Å²) < 4.78 is 16.6. The minimum atomic E-state index is -1.24. The van der Waals surface area contributed by atoms with Crippen molar-refractivity contribution in [3.05, 3.63) is 71.8 Å². The van der Waals surface area contributed by atoms with Crippen LogP contribution >= 0.6 is 0 Å². The largest absolute Gasteiger partial charge is 0.480 e. The normalized spacial score (nSPS) is 12.2. The minimum absolute atomic E-state index is 0.0912. The molecule has 1 unspecified atom stereocenters. The number of alkyl carbamates (subject to hydrolysis) is 2. The topological polar surface area (TPSA) is 198 Å². The summed E-state index contributed by atoms with van der Waals surface area (Å²) in [6, 6.07) is 16.3. The molecule has 0 aliphatic heterocycles. The number of carbonyl (C=O) groups excluding carboxylic acids is 5. The summed E-state index contributed by atoms with van der Waals surface area (Å²) in [5, 5.41) is 21.0. The second kappa shape index (κ2) is 47.1. The summed E-state index contributed by atoms with van der Waals surface area (Å²) in [7, 11) is 0. The number of hydrogen-bond acceptors (Lipinski definition) is 9. The molecule has 4 amide bonds. The van der Waals surface area contributed by atoms with Crippen LogP contribution in [0, 0.1) is 0 Å². The quantitative estimate of drug-likeness (QED) is 0.0241. The summed E-state index contributed by atoms with van der Waals surface area (Å²) in [6.07, 6.45) is 32.1. The van der Waals surface area contributed by atoms with Gasteiger partial charge in [0.25, 0.3) is 0 Å². The number of carboxylic acids is 1. The Kier molecular flexibility index (Phi) is 41.5. The third kappa shape index (κ3) is 38.4. The maximum Gasteiger partial charge on any atom is 0.407 e. The first-order valence-corrected chi connectivity index (χ1v) is 30.0. The Morgan fingerprint density at radius 1 is 0.447 bits per heavy atom. The van der Waals surface area contributed by atoms with Crippen LogP contribution in [-0.4, -0.2) is 72.3 Å². The van der Waals surface area contributed by atoms with E-state index in [4.69, 9.17) is 14.2 Å². The second-order valence-electron chi connectivity index (χ2n) is 20.8. The molecule has 0 saturated carbocycles. The van der Waals surface area contributed by atoms with E-state index < -0.39 is 48.2 Å². The molecule has 14 nitrogen and oxygen atoms in total. The monoisotopic (exact) mass is 1060 g/mol. The van der Waals surface area contributed by atoms with Gasteiger partial charge < -0.3 is 40.6 Å². The lowest BCUT2D eigenvalue weighted by Crippen LogP contribution is -2.52. The molecule has 5 N–H and O–H groups in total. The molecule has 430 valence electrons. The van der Waals surface area contributed by atoms with E-state index in [0.29, 0.717) is 38.5 Å². The lowest BCUT2D eigenvalue weighted by Gasteiger charge is -2.23. The summed E-state index contributed by atoms with van der Waals surface area (Å²) in [6.45, 7) is 5.26. The Balaban J connectivity index is 1.98. The number of hydrogen-bond donors (Lipinski definition) is 5. The van der Waals surface area contributed by atoms with Gasteiger partial charge in [0.05, 0.1) is 6.42 Å². The average molecular weight is 1060 g/mol. The molecule has 76 heavy (non-hydrogen) atoms. The Labute approximate surface area is 458 Å². The minimum Gasteiger partial charge on any atom is -0.480 e. The van der Waals surface area contributed by atoms with E-state index in [1.807, 2.05) is 60.7 Å². The van der Waals surface area contributed by atoms with Crippen LogP contribution in [0.1, 0.15) is 250 Å². The number of amides is 4. The van der Waals surface area contributed by atoms with Gasteiger partial charge in [-0.25, -0.2) is 14.4 Å². The third-order valence-corrected chi connectivity index (χ3v) is 13.9. The molecule has 2 aromatic rings. The molecular weight excluding hydrogens is 961 g/mol. The van der Waals surface area contributed by atoms with Crippen molar-refractivity contribution in [2.45, 2.75) is 270 Å². The number of esters is 1. The zero-order chi connectivity index (χ0) is 54.9. The van der Waals surface area contributed by atoms with Crippen molar-refractivity contribution in [3.8, 4) is 0 Å². The molecule has 0 aliphatic carbocycles. The Hall–Kier alpha value is -5.14. The van der Waals surface area contributed by atoms with Gasteiger partial charge in [-0.15, -0.1) is 0 Å². The van der Waals surface area contributed by atoms with Gasteiger partial charge >= 0.3 is 24.1 Å². The first-order valence-electron chi connectivity index (χ1n) is 30.0. The predicted molar refractivity (Wildman–Crippen MR) is 304 cm³/mol. The predicted octanol–water partition coefficient (Wildman–Crippen LogP) is 14.5. The lowest BCUT2D eigenvalue weighted by atomic mass is 10.0. The highest BCUT2D eigenvalue weighted by atomic mass is 16.6. The summed E-state index contributed by atoms with van der Waals surface area (Å²) in [5.74, 6) is -2.65. The third-order valence-electron chi connectivity index (χ3n) is 13.9. The molecule has 0 fully saturated rings. The molecule has 0 spiro atoms. The molecular formula is C62H102N4O10. The van der Waals surface area contributed by atoms with Crippen LogP contribution in [0.5, 0.6) is 0 Å². The number of nitrogens with one attached hydrogen (secondary N) is 4. The van der Waals surface area contributed by atoms with E-state index in [1.165, 1.54) is 116 Å². The van der Waals surface area contributed by atoms with Crippen LogP contribution in [0.15, 0.2) is 60.7 Å². The van der Waals surface area contributed by atoms with E-state index in [0.717, 1.165) is 62.5 Å². The van der Waals surface area contributed by atoms with Crippen LogP contribution < -0.4 is 21.3 Å². The molecule has 0 bridgehead atoms. The van der Waals surface area contributed by atoms with E-state index in [-0.39, 0.29) is 51.5 Å². The van der Waals surface area contributed by atoms with Crippen molar-refractivity contribution in [1.29, 1.82) is 0 Å². The van der Waals surface area contributed by atoms with Crippen molar-refractivity contribution in [3.63, 3.8) is 0 Å². The van der Waals surface area contributed by atoms with E-state index in [9.17, 15) is 33.9 Å². The summed E-state index contributed by atoms with van der Waals surface area (Å²) in [5.41, 5.74) is 1.71. The summed E-state index contributed by atoms with van der Waals surface area (Å²) >= 11 is 0. The molecule has 2 aromatic carbocycles. The number of carboxylic acid groups (broad SMARTS) is 1. The number of rotatable bonds is 49. The van der Waals surface area contributed by atoms with E-state index in [2.05, 4.69) is 35.1 Å². The van der Waals surface area contributed by atoms with E-state index >= 15 is 0 Å². The Bertz CT molecular complexity index is 1780. The standard InChI is InChI=1S/C62H102N4O10/c1-3-5-7-9-11-13-15-17-19-21-23-25-33-43-54(76-58(68)46-34-26-24-22-20-18-16-14-12-10-8-6-4-2)49-57(67)65-55(44-35-37-47-63-61(72)74-50-52-39-29-27-30-40-52)59(69)66-56(60(70)71)45-36-38-48-64-62(73)75-51-53-41-31-28-32-42-53/h27-32,39-42,54-56H,3-26,33-38,43-51H2,1-2H3,(H,63,72)(H,64,73)(H,65,67)(H,66,69)(H,70,71)/t54?,55-,56-/m0/s1. The van der Waals surface area contributed by atoms with Gasteiger partial charge in [-0.3, -0.25) is 14.4 Å². The Morgan fingerprint density at radius 2 is 0.829 bits per heavy atom. The molecule has 0 aliphatic rings. The van der Waals surface area contributed by atoms with E-state index in [1.54, 1.807) is 0 Å². The molecule has 0 aromatic heterocycles. The second-order valence-corrected chi connectivity index (χ2v) is 20.8. The van der Waals surface area contributed by atoms with Crippen LogP contribution in [0.4, 0.5) is 9.59 Å². The molecule has 2 rings (SSSR count). The molecule has 14 heteroatoms. The fraction of sp³-hybridized carbons (Fsp3) is 0.710. The highest BCUT2D eigenvalue weighted by molar-refractivity contribution is 5.90. The fourth-order valence-electron chi connectivity index (χ4n) is 9.26. The van der Waals surface area contributed by atoms with Gasteiger partial charge in [0.2, 0.25) is 11.8 Å². The van der Waals surface area contributed by atoms with Crippen LogP contribution in [0.2, 0.25) is 0 Å².